The van der Waals surface area contributed by atoms with Gasteiger partial charge in [-0.2, -0.15) is 0 Å². The number of carbonyl (C=O) groups is 1. The molecular formula is C25H27N3O4S. The van der Waals surface area contributed by atoms with Gasteiger partial charge in [-0.05, 0) is 79.4 Å². The first-order chi connectivity index (χ1) is 15.9. The second kappa shape index (κ2) is 10.1. The number of anilines is 2. The molecule has 1 saturated heterocycles. The predicted molar refractivity (Wildman–Crippen MR) is 129 cm³/mol. The molecule has 1 amide bonds. The van der Waals surface area contributed by atoms with Crippen molar-refractivity contribution in [2.24, 2.45) is 0 Å². The van der Waals surface area contributed by atoms with Crippen molar-refractivity contribution in [3.8, 4) is 0 Å². The number of rotatable bonds is 8. The number of furan rings is 1. The van der Waals surface area contributed by atoms with Gasteiger partial charge >= 0.3 is 0 Å². The molecule has 2 N–H and O–H groups in total. The molecule has 0 atom stereocenters. The van der Waals surface area contributed by atoms with Crippen LogP contribution in [0.2, 0.25) is 0 Å². The van der Waals surface area contributed by atoms with E-state index >= 15 is 0 Å². The van der Waals surface area contributed by atoms with Crippen molar-refractivity contribution in [2.75, 3.05) is 23.3 Å². The average molecular weight is 466 g/mol. The van der Waals surface area contributed by atoms with Crippen molar-refractivity contribution >= 4 is 33.4 Å². The Balaban J connectivity index is 1.34. The fraction of sp³-hybridized carbons (Fsp3) is 0.240. The first kappa shape index (κ1) is 22.8. The summed E-state index contributed by atoms with van der Waals surface area (Å²) in [6, 6.07) is 15.7. The number of aryl methyl sites for hydroxylation is 1. The van der Waals surface area contributed by atoms with E-state index in [0.717, 1.165) is 29.9 Å². The van der Waals surface area contributed by atoms with Gasteiger partial charge in [0.05, 0.1) is 17.7 Å². The van der Waals surface area contributed by atoms with Crippen molar-refractivity contribution in [2.45, 2.75) is 31.2 Å². The molecule has 1 fully saturated rings. The minimum Gasteiger partial charge on any atom is -0.468 e. The quantitative estimate of drug-likeness (QED) is 0.484. The average Bonchev–Trinajstić information content (AvgIpc) is 3.51. The van der Waals surface area contributed by atoms with Gasteiger partial charge in [0, 0.05) is 30.5 Å². The molecule has 0 unspecified atom stereocenters. The maximum atomic E-state index is 12.4. The number of sulfonamides is 1. The Labute approximate surface area is 194 Å². The van der Waals surface area contributed by atoms with Crippen molar-refractivity contribution < 1.29 is 17.6 Å². The minimum absolute atomic E-state index is 0.0790. The van der Waals surface area contributed by atoms with Crippen LogP contribution in [0.5, 0.6) is 0 Å². The summed E-state index contributed by atoms with van der Waals surface area (Å²) in [4.78, 5) is 14.9. The largest absolute Gasteiger partial charge is 0.468 e. The summed E-state index contributed by atoms with van der Waals surface area (Å²) in [6.07, 6.45) is 7.01. The van der Waals surface area contributed by atoms with E-state index in [1.54, 1.807) is 30.3 Å². The molecule has 172 valence electrons. The van der Waals surface area contributed by atoms with E-state index in [2.05, 4.69) is 27.9 Å². The maximum Gasteiger partial charge on any atom is 0.248 e. The third kappa shape index (κ3) is 5.91. The van der Waals surface area contributed by atoms with Crippen molar-refractivity contribution in [3.63, 3.8) is 0 Å². The number of hydrogen-bond acceptors (Lipinski definition) is 5. The monoisotopic (exact) mass is 465 g/mol. The number of amides is 1. The summed E-state index contributed by atoms with van der Waals surface area (Å²) in [5.74, 6) is 0.283. The molecule has 0 saturated carbocycles. The van der Waals surface area contributed by atoms with Crippen LogP contribution in [0.3, 0.4) is 0 Å². The van der Waals surface area contributed by atoms with Gasteiger partial charge in [0.1, 0.15) is 5.76 Å². The fourth-order valence-corrected chi connectivity index (χ4v) is 4.82. The first-order valence-electron chi connectivity index (χ1n) is 10.9. The molecular weight excluding hydrogens is 438 g/mol. The van der Waals surface area contributed by atoms with Crippen LogP contribution in [-0.4, -0.2) is 27.4 Å². The highest BCUT2D eigenvalue weighted by atomic mass is 32.2. The van der Waals surface area contributed by atoms with E-state index in [4.69, 9.17) is 4.42 Å². The number of nitrogens with one attached hydrogen (secondary N) is 2. The summed E-state index contributed by atoms with van der Waals surface area (Å²) >= 11 is 0. The maximum absolute atomic E-state index is 12.4. The Morgan fingerprint density at radius 3 is 2.52 bits per heavy atom. The molecule has 4 rings (SSSR count). The molecule has 1 aromatic heterocycles. The predicted octanol–water partition coefficient (Wildman–Crippen LogP) is 4.32. The second-order valence-electron chi connectivity index (χ2n) is 7.99. The Kier molecular flexibility index (Phi) is 6.96. The molecule has 3 aromatic rings. The van der Waals surface area contributed by atoms with Crippen LogP contribution in [0.25, 0.3) is 6.08 Å². The highest BCUT2D eigenvalue weighted by Crippen LogP contribution is 2.26. The molecule has 0 bridgehead atoms. The van der Waals surface area contributed by atoms with Crippen molar-refractivity contribution in [1.82, 2.24) is 4.72 Å². The lowest BCUT2D eigenvalue weighted by atomic mass is 10.1. The number of benzene rings is 2. The van der Waals surface area contributed by atoms with Gasteiger partial charge < -0.3 is 14.6 Å². The van der Waals surface area contributed by atoms with Crippen molar-refractivity contribution in [3.05, 3.63) is 83.8 Å². The van der Waals surface area contributed by atoms with Gasteiger partial charge in [-0.1, -0.05) is 12.1 Å². The van der Waals surface area contributed by atoms with Gasteiger partial charge in [0.2, 0.25) is 15.9 Å². The van der Waals surface area contributed by atoms with Gasteiger partial charge in [0.15, 0.2) is 0 Å². The van der Waals surface area contributed by atoms with Crippen LogP contribution >= 0.6 is 0 Å². The SMILES string of the molecule is Cc1cc(NC(=O)/C=C/c2ccc(S(=O)(=O)NCc3ccco3)cc2)ccc1N1CCCC1. The smallest absolute Gasteiger partial charge is 0.248 e. The van der Waals surface area contributed by atoms with Gasteiger partial charge in [-0.25, -0.2) is 13.1 Å². The van der Waals surface area contributed by atoms with E-state index in [0.29, 0.717) is 5.76 Å². The molecule has 2 heterocycles. The molecule has 8 heteroatoms. The highest BCUT2D eigenvalue weighted by Gasteiger charge is 2.15. The standard InChI is InChI=1S/C25H27N3O4S/c1-19-17-21(9-12-24(19)28-14-2-3-15-28)27-25(29)13-8-20-6-10-23(11-7-20)33(30,31)26-18-22-5-4-16-32-22/h4-13,16-17,26H,2-3,14-15,18H2,1H3,(H,27,29)/b13-8+. The Morgan fingerprint density at radius 2 is 1.85 bits per heavy atom. The summed E-state index contributed by atoms with van der Waals surface area (Å²) in [6.45, 7) is 4.29. The van der Waals surface area contributed by atoms with Gasteiger partial charge in [-0.15, -0.1) is 0 Å². The molecule has 33 heavy (non-hydrogen) atoms. The zero-order chi connectivity index (χ0) is 23.3. The fourth-order valence-electron chi connectivity index (χ4n) is 3.82. The van der Waals surface area contributed by atoms with Crippen LogP contribution in [0.15, 0.2) is 76.2 Å². The number of hydrogen-bond donors (Lipinski definition) is 2. The lowest BCUT2D eigenvalue weighted by Gasteiger charge is -2.20. The Bertz CT molecular complexity index is 1230. The molecule has 0 spiro atoms. The van der Waals surface area contributed by atoms with Crippen LogP contribution in [0.4, 0.5) is 11.4 Å². The summed E-state index contributed by atoms with van der Waals surface area (Å²) < 4.78 is 32.4. The van der Waals surface area contributed by atoms with Crippen LogP contribution in [-0.2, 0) is 21.4 Å². The summed E-state index contributed by atoms with van der Waals surface area (Å²) in [5, 5.41) is 2.88. The molecule has 7 nitrogen and oxygen atoms in total. The Morgan fingerprint density at radius 1 is 1.09 bits per heavy atom. The van der Waals surface area contributed by atoms with E-state index in [9.17, 15) is 13.2 Å². The molecule has 2 aromatic carbocycles. The number of carbonyl (C=O) groups excluding carboxylic acids is 1. The molecule has 0 aliphatic carbocycles. The first-order valence-corrected chi connectivity index (χ1v) is 12.4. The lowest BCUT2D eigenvalue weighted by molar-refractivity contribution is -0.111. The van der Waals surface area contributed by atoms with E-state index in [1.165, 1.54) is 43.0 Å². The highest BCUT2D eigenvalue weighted by molar-refractivity contribution is 7.89. The minimum atomic E-state index is -3.66. The summed E-state index contributed by atoms with van der Waals surface area (Å²) in [5.41, 5.74) is 3.82. The lowest BCUT2D eigenvalue weighted by Crippen LogP contribution is -2.22. The molecule has 1 aliphatic heterocycles. The molecule has 0 radical (unpaired) electrons. The van der Waals surface area contributed by atoms with Crippen LogP contribution in [0, 0.1) is 6.92 Å². The Hall–Kier alpha value is -3.36. The van der Waals surface area contributed by atoms with Gasteiger partial charge in [-0.3, -0.25) is 4.79 Å². The van der Waals surface area contributed by atoms with Crippen molar-refractivity contribution in [1.29, 1.82) is 0 Å². The normalized spacial score (nSPS) is 14.2. The van der Waals surface area contributed by atoms with Crippen LogP contribution in [0.1, 0.15) is 29.7 Å². The third-order valence-corrected chi connectivity index (χ3v) is 6.96. The topological polar surface area (TPSA) is 91.6 Å². The zero-order valence-electron chi connectivity index (χ0n) is 18.5. The van der Waals surface area contributed by atoms with E-state index in [-0.39, 0.29) is 17.3 Å². The van der Waals surface area contributed by atoms with E-state index < -0.39 is 10.0 Å². The second-order valence-corrected chi connectivity index (χ2v) is 9.76. The van der Waals surface area contributed by atoms with Crippen LogP contribution < -0.4 is 14.9 Å². The third-order valence-electron chi connectivity index (χ3n) is 5.55. The zero-order valence-corrected chi connectivity index (χ0v) is 19.3. The number of nitrogens with zero attached hydrogens (tertiary/aromatic N) is 1. The van der Waals surface area contributed by atoms with Gasteiger partial charge in [0.25, 0.3) is 0 Å². The molecule has 1 aliphatic rings. The summed E-state index contributed by atoms with van der Waals surface area (Å²) in [7, 11) is -3.66. The van der Waals surface area contributed by atoms with E-state index in [1.807, 2.05) is 12.1 Å².